The Bertz CT molecular complexity index is 543. The molecule has 3 nitrogen and oxygen atoms in total. The van der Waals surface area contributed by atoms with Crippen LogP contribution in [0.4, 0.5) is 5.69 Å². The van der Waals surface area contributed by atoms with E-state index in [2.05, 4.69) is 0 Å². The lowest BCUT2D eigenvalue weighted by atomic mass is 10.2. The number of sulfone groups is 1. The van der Waals surface area contributed by atoms with E-state index in [0.29, 0.717) is 9.80 Å². The van der Waals surface area contributed by atoms with Crippen molar-refractivity contribution < 1.29 is 8.42 Å². The number of benzene rings is 1. The van der Waals surface area contributed by atoms with Crippen LogP contribution >= 0.6 is 0 Å². The Morgan fingerprint density at radius 1 is 1.13 bits per heavy atom. The molecule has 2 rings (SSSR count). The van der Waals surface area contributed by atoms with Gasteiger partial charge in [0.15, 0.2) is 0 Å². The van der Waals surface area contributed by atoms with E-state index in [1.165, 1.54) is 0 Å². The maximum absolute atomic E-state index is 12.1. The molecule has 0 aromatic heterocycles. The van der Waals surface area contributed by atoms with Crippen LogP contribution in [-0.2, 0) is 9.84 Å². The molecule has 0 amide bonds. The molecular weight excluding hydrogens is 210 g/mol. The summed E-state index contributed by atoms with van der Waals surface area (Å²) in [5, 5.41) is 0. The lowest BCUT2D eigenvalue weighted by Crippen LogP contribution is -2.25. The van der Waals surface area contributed by atoms with E-state index in [0.717, 1.165) is 11.4 Å². The van der Waals surface area contributed by atoms with Gasteiger partial charge in [0.2, 0.25) is 9.84 Å². The molecule has 1 aromatic carbocycles. The van der Waals surface area contributed by atoms with Crippen molar-refractivity contribution in [3.8, 4) is 0 Å². The summed E-state index contributed by atoms with van der Waals surface area (Å²) in [6.07, 6.45) is 0. The number of hydrogen-bond donors (Lipinski definition) is 0. The Kier molecular flexibility index (Phi) is 2.12. The second-order valence-corrected chi connectivity index (χ2v) is 5.73. The normalized spacial score (nSPS) is 19.0. The molecule has 0 saturated carbocycles. The van der Waals surface area contributed by atoms with Gasteiger partial charge in [0.25, 0.3) is 0 Å². The molecule has 1 heterocycles. The molecule has 0 atom stereocenters. The minimum absolute atomic E-state index is 0.399. The number of rotatable bonds is 0. The highest BCUT2D eigenvalue weighted by Gasteiger charge is 2.29. The van der Waals surface area contributed by atoms with Gasteiger partial charge in [-0.15, -0.1) is 0 Å². The second-order valence-electron chi connectivity index (χ2n) is 3.67. The molecular formula is C11H13NO2S. The van der Waals surface area contributed by atoms with Gasteiger partial charge in [0, 0.05) is 12.7 Å². The van der Waals surface area contributed by atoms with Crippen LogP contribution in [0.1, 0.15) is 13.8 Å². The highest BCUT2D eigenvalue weighted by molar-refractivity contribution is 7.95. The molecule has 0 bridgehead atoms. The lowest BCUT2D eigenvalue weighted by molar-refractivity contribution is 0.600. The van der Waals surface area contributed by atoms with Crippen LogP contribution in [0, 0.1) is 0 Å². The summed E-state index contributed by atoms with van der Waals surface area (Å²) in [6, 6.07) is 7.07. The molecule has 0 radical (unpaired) electrons. The molecule has 1 aliphatic rings. The van der Waals surface area contributed by atoms with Crippen molar-refractivity contribution in [2.24, 2.45) is 0 Å². The summed E-state index contributed by atoms with van der Waals surface area (Å²) in [5.41, 5.74) is 1.54. The SMILES string of the molecule is CC1=C(C)S(=O)(=O)c2ccccc2N1C. The Morgan fingerprint density at radius 2 is 1.73 bits per heavy atom. The van der Waals surface area contributed by atoms with E-state index in [1.54, 1.807) is 19.1 Å². The largest absolute Gasteiger partial charge is 0.346 e. The maximum Gasteiger partial charge on any atom is 0.206 e. The molecule has 0 aliphatic carbocycles. The number of para-hydroxylation sites is 1. The van der Waals surface area contributed by atoms with Gasteiger partial charge >= 0.3 is 0 Å². The van der Waals surface area contributed by atoms with Crippen molar-refractivity contribution in [1.29, 1.82) is 0 Å². The summed E-state index contributed by atoms with van der Waals surface area (Å²) in [6.45, 7) is 3.47. The van der Waals surface area contributed by atoms with E-state index < -0.39 is 9.84 Å². The van der Waals surface area contributed by atoms with Crippen LogP contribution in [0.3, 0.4) is 0 Å². The minimum atomic E-state index is -3.26. The van der Waals surface area contributed by atoms with Gasteiger partial charge in [0.1, 0.15) is 0 Å². The molecule has 1 aromatic rings. The first-order valence-corrected chi connectivity index (χ1v) is 6.20. The van der Waals surface area contributed by atoms with Crippen LogP contribution < -0.4 is 4.90 Å². The zero-order chi connectivity index (χ0) is 11.2. The average Bonchev–Trinajstić information content (AvgIpc) is 2.24. The van der Waals surface area contributed by atoms with Gasteiger partial charge in [0.05, 0.1) is 15.5 Å². The van der Waals surface area contributed by atoms with Crippen molar-refractivity contribution in [2.75, 3.05) is 11.9 Å². The number of allylic oxidation sites excluding steroid dienone is 2. The second kappa shape index (κ2) is 3.10. The van der Waals surface area contributed by atoms with Crippen LogP contribution in [0.2, 0.25) is 0 Å². The summed E-state index contributed by atoms with van der Waals surface area (Å²) in [4.78, 5) is 2.74. The van der Waals surface area contributed by atoms with Gasteiger partial charge in [-0.3, -0.25) is 0 Å². The first-order chi connectivity index (χ1) is 6.96. The van der Waals surface area contributed by atoms with E-state index in [1.807, 2.05) is 31.0 Å². The number of nitrogens with zero attached hydrogens (tertiary/aromatic N) is 1. The van der Waals surface area contributed by atoms with E-state index in [4.69, 9.17) is 0 Å². The van der Waals surface area contributed by atoms with E-state index in [9.17, 15) is 8.42 Å². The first kappa shape index (κ1) is 10.2. The lowest BCUT2D eigenvalue weighted by Gasteiger charge is -2.29. The number of fused-ring (bicyclic) bond motifs is 1. The smallest absolute Gasteiger partial charge is 0.206 e. The molecule has 0 fully saturated rings. The number of hydrogen-bond acceptors (Lipinski definition) is 3. The third kappa shape index (κ3) is 1.28. The highest BCUT2D eigenvalue weighted by Crippen LogP contribution is 2.36. The Labute approximate surface area is 89.9 Å². The van der Waals surface area contributed by atoms with Crippen LogP contribution in [0.15, 0.2) is 39.8 Å². The van der Waals surface area contributed by atoms with Crippen LogP contribution in [0.25, 0.3) is 0 Å². The molecule has 4 heteroatoms. The molecule has 15 heavy (non-hydrogen) atoms. The quantitative estimate of drug-likeness (QED) is 0.676. The summed E-state index contributed by atoms with van der Waals surface area (Å²) < 4.78 is 24.2. The Balaban J connectivity index is 2.83. The fourth-order valence-corrected chi connectivity index (χ4v) is 3.33. The topological polar surface area (TPSA) is 37.4 Å². The minimum Gasteiger partial charge on any atom is -0.346 e. The fourth-order valence-electron chi connectivity index (χ4n) is 1.74. The first-order valence-electron chi connectivity index (χ1n) is 4.71. The van der Waals surface area contributed by atoms with Gasteiger partial charge in [-0.1, -0.05) is 12.1 Å². The van der Waals surface area contributed by atoms with Gasteiger partial charge in [-0.05, 0) is 26.0 Å². The molecule has 0 unspecified atom stereocenters. The van der Waals surface area contributed by atoms with Crippen molar-refractivity contribution >= 4 is 15.5 Å². The zero-order valence-electron chi connectivity index (χ0n) is 8.98. The summed E-state index contributed by atoms with van der Waals surface area (Å²) in [7, 11) is -1.38. The third-order valence-corrected chi connectivity index (χ3v) is 4.96. The standard InChI is InChI=1S/C11H13NO2S/c1-8-9(2)15(13,14)11-7-5-4-6-10(11)12(8)3/h4-7H,1-3H3. The fraction of sp³-hybridized carbons (Fsp3) is 0.273. The number of anilines is 1. The summed E-state index contributed by atoms with van der Waals surface area (Å²) in [5.74, 6) is 0. The monoisotopic (exact) mass is 223 g/mol. The molecule has 1 aliphatic heterocycles. The van der Waals surface area contributed by atoms with Gasteiger partial charge in [-0.25, -0.2) is 8.42 Å². The van der Waals surface area contributed by atoms with Crippen LogP contribution in [0.5, 0.6) is 0 Å². The van der Waals surface area contributed by atoms with Crippen molar-refractivity contribution in [1.82, 2.24) is 0 Å². The highest BCUT2D eigenvalue weighted by atomic mass is 32.2. The predicted molar refractivity (Wildman–Crippen MR) is 60.4 cm³/mol. The van der Waals surface area contributed by atoms with E-state index >= 15 is 0 Å². The Morgan fingerprint density at radius 3 is 2.40 bits per heavy atom. The zero-order valence-corrected chi connectivity index (χ0v) is 9.80. The third-order valence-electron chi connectivity index (χ3n) is 2.93. The van der Waals surface area contributed by atoms with Crippen molar-refractivity contribution in [2.45, 2.75) is 18.7 Å². The Hall–Kier alpha value is -1.29. The maximum atomic E-state index is 12.1. The average molecular weight is 223 g/mol. The predicted octanol–water partition coefficient (Wildman–Crippen LogP) is 2.16. The summed E-state index contributed by atoms with van der Waals surface area (Å²) >= 11 is 0. The van der Waals surface area contributed by atoms with Crippen molar-refractivity contribution in [3.63, 3.8) is 0 Å². The van der Waals surface area contributed by atoms with E-state index in [-0.39, 0.29) is 0 Å². The molecule has 0 spiro atoms. The molecule has 0 N–H and O–H groups in total. The molecule has 0 saturated heterocycles. The van der Waals surface area contributed by atoms with Crippen LogP contribution in [-0.4, -0.2) is 15.5 Å². The van der Waals surface area contributed by atoms with Gasteiger partial charge < -0.3 is 4.90 Å². The molecule has 80 valence electrons. The van der Waals surface area contributed by atoms with Crippen molar-refractivity contribution in [3.05, 3.63) is 34.9 Å². The van der Waals surface area contributed by atoms with Gasteiger partial charge in [-0.2, -0.15) is 0 Å².